The van der Waals surface area contributed by atoms with Gasteiger partial charge in [0.15, 0.2) is 17.4 Å². The van der Waals surface area contributed by atoms with Crippen molar-refractivity contribution in [2.24, 2.45) is 5.73 Å². The molecular formula is C30H26F3N7OS. The van der Waals surface area contributed by atoms with Crippen molar-refractivity contribution in [2.45, 2.75) is 31.7 Å². The van der Waals surface area contributed by atoms with Crippen LogP contribution in [0, 0.1) is 5.82 Å². The summed E-state index contributed by atoms with van der Waals surface area (Å²) in [6, 6.07) is 8.43. The molecule has 42 heavy (non-hydrogen) atoms. The van der Waals surface area contributed by atoms with E-state index < -0.39 is 11.7 Å². The molecule has 5 heterocycles. The van der Waals surface area contributed by atoms with Gasteiger partial charge in [-0.05, 0) is 60.4 Å². The molecule has 1 saturated heterocycles. The Balaban J connectivity index is 1.25. The maximum Gasteiger partial charge on any atom is 0.261 e. The van der Waals surface area contributed by atoms with Crippen molar-refractivity contribution in [1.82, 2.24) is 30.0 Å². The molecule has 1 fully saturated rings. The molecule has 5 aromatic rings. The summed E-state index contributed by atoms with van der Waals surface area (Å²) >= 11 is 1.35. The Morgan fingerprint density at radius 3 is 2.86 bits per heavy atom. The summed E-state index contributed by atoms with van der Waals surface area (Å²) in [5, 5.41) is 7.69. The second-order valence-electron chi connectivity index (χ2n) is 10.9. The van der Waals surface area contributed by atoms with Gasteiger partial charge in [0.25, 0.3) is 5.92 Å². The standard InChI is InChI=1S/C30H26F3N7OS/c1-15(41)23-4-5-24(42-23)28-27-22(6-8-35-28)36-29(37-27)26-19-11-17(12-20(31)25(19)38-39-26)16-2-3-21(34)18(10-16)13-40-9-7-30(32,33)14-40/h2,4-6,8,10-12,21H,3,7,9,13-14,34H2,1H3,(H,36,37)(H,38,39). The number of H-pyrrole nitrogens is 2. The number of halogens is 3. The van der Waals surface area contributed by atoms with Crippen LogP contribution in [0.4, 0.5) is 13.2 Å². The molecular weight excluding hydrogens is 563 g/mol. The Morgan fingerprint density at radius 2 is 2.10 bits per heavy atom. The zero-order chi connectivity index (χ0) is 29.2. The van der Waals surface area contributed by atoms with Crippen LogP contribution in [0.3, 0.4) is 0 Å². The number of nitrogens with zero attached hydrogens (tertiary/aromatic N) is 4. The molecule has 0 spiro atoms. The number of likely N-dealkylation sites (tertiary alicyclic amines) is 1. The lowest BCUT2D eigenvalue weighted by molar-refractivity contribution is 0.0130. The van der Waals surface area contributed by atoms with Gasteiger partial charge >= 0.3 is 0 Å². The number of nitrogens with one attached hydrogen (secondary N) is 2. The summed E-state index contributed by atoms with van der Waals surface area (Å²) in [4.78, 5) is 27.6. The number of pyridine rings is 1. The monoisotopic (exact) mass is 589 g/mol. The fourth-order valence-electron chi connectivity index (χ4n) is 5.65. The van der Waals surface area contributed by atoms with E-state index in [0.717, 1.165) is 21.5 Å². The molecule has 1 aliphatic heterocycles. The number of imidazole rings is 1. The van der Waals surface area contributed by atoms with Crippen LogP contribution < -0.4 is 5.73 Å². The first-order valence-corrected chi connectivity index (χ1v) is 14.4. The molecule has 1 aromatic carbocycles. The lowest BCUT2D eigenvalue weighted by Crippen LogP contribution is -2.34. The number of ketones is 1. The first kappa shape index (κ1) is 26.7. The predicted octanol–water partition coefficient (Wildman–Crippen LogP) is 5.95. The number of nitrogens with two attached hydrogens (primary N) is 1. The minimum absolute atomic E-state index is 0.0162. The van der Waals surface area contributed by atoms with Gasteiger partial charge < -0.3 is 10.7 Å². The average molecular weight is 590 g/mol. The number of aromatic nitrogens is 5. The molecule has 0 bridgehead atoms. The van der Waals surface area contributed by atoms with E-state index in [4.69, 9.17) is 10.7 Å². The maximum atomic E-state index is 15.4. The highest BCUT2D eigenvalue weighted by atomic mass is 32.1. The number of carbonyl (C=O) groups excluding carboxylic acids is 1. The van der Waals surface area contributed by atoms with Gasteiger partial charge in [-0.3, -0.25) is 19.8 Å². The number of hydrogen-bond acceptors (Lipinski definition) is 7. The van der Waals surface area contributed by atoms with Crippen molar-refractivity contribution in [3.8, 4) is 22.1 Å². The number of aromatic amines is 2. The van der Waals surface area contributed by atoms with Crippen molar-refractivity contribution >= 4 is 44.6 Å². The van der Waals surface area contributed by atoms with Gasteiger partial charge in [0.1, 0.15) is 22.4 Å². The summed E-state index contributed by atoms with van der Waals surface area (Å²) < 4.78 is 42.9. The third kappa shape index (κ3) is 4.75. The fraction of sp³-hybridized carbons (Fsp3) is 0.267. The summed E-state index contributed by atoms with van der Waals surface area (Å²) in [5.41, 5.74) is 11.3. The number of hydrogen-bond donors (Lipinski definition) is 3. The van der Waals surface area contributed by atoms with E-state index >= 15 is 4.39 Å². The van der Waals surface area contributed by atoms with Gasteiger partial charge in [-0.25, -0.2) is 18.2 Å². The number of carbonyl (C=O) groups is 1. The Kier molecular flexibility index (Phi) is 6.37. The Labute approximate surface area is 242 Å². The lowest BCUT2D eigenvalue weighted by Gasteiger charge is -2.25. The minimum atomic E-state index is -2.68. The van der Waals surface area contributed by atoms with Crippen LogP contribution in [0.5, 0.6) is 0 Å². The van der Waals surface area contributed by atoms with E-state index in [1.165, 1.54) is 24.3 Å². The third-order valence-electron chi connectivity index (χ3n) is 7.83. The fourth-order valence-corrected chi connectivity index (χ4v) is 6.54. The normalized spacial score (nSPS) is 19.0. The summed E-state index contributed by atoms with van der Waals surface area (Å²) in [6.07, 6.45) is 5.87. The van der Waals surface area contributed by atoms with E-state index in [2.05, 4.69) is 20.2 Å². The van der Waals surface area contributed by atoms with E-state index in [1.54, 1.807) is 23.2 Å². The van der Waals surface area contributed by atoms with E-state index in [9.17, 15) is 13.6 Å². The number of benzene rings is 1. The second kappa shape index (κ2) is 10.0. The van der Waals surface area contributed by atoms with E-state index in [0.29, 0.717) is 58.1 Å². The van der Waals surface area contributed by atoms with E-state index in [-0.39, 0.29) is 30.3 Å². The van der Waals surface area contributed by atoms with Crippen LogP contribution in [0.25, 0.3) is 49.6 Å². The molecule has 2 aliphatic rings. The summed E-state index contributed by atoms with van der Waals surface area (Å²) in [5.74, 6) is -2.73. The number of allylic oxidation sites excluding steroid dienone is 2. The second-order valence-corrected chi connectivity index (χ2v) is 11.9. The molecule has 4 N–H and O–H groups in total. The molecule has 214 valence electrons. The largest absolute Gasteiger partial charge is 0.337 e. The van der Waals surface area contributed by atoms with Crippen LogP contribution >= 0.6 is 11.3 Å². The topological polar surface area (TPSA) is 117 Å². The third-order valence-corrected chi connectivity index (χ3v) is 9.03. The van der Waals surface area contributed by atoms with Gasteiger partial charge in [-0.2, -0.15) is 5.10 Å². The molecule has 8 nitrogen and oxygen atoms in total. The van der Waals surface area contributed by atoms with Gasteiger partial charge in [0.05, 0.1) is 21.8 Å². The van der Waals surface area contributed by atoms with Crippen molar-refractivity contribution in [3.63, 3.8) is 0 Å². The van der Waals surface area contributed by atoms with Crippen molar-refractivity contribution in [2.75, 3.05) is 19.6 Å². The Bertz CT molecular complexity index is 1940. The minimum Gasteiger partial charge on any atom is -0.337 e. The highest BCUT2D eigenvalue weighted by molar-refractivity contribution is 7.17. The molecule has 12 heteroatoms. The first-order valence-electron chi connectivity index (χ1n) is 13.6. The number of rotatable bonds is 6. The smallest absolute Gasteiger partial charge is 0.261 e. The van der Waals surface area contributed by atoms with Crippen LogP contribution in [0.2, 0.25) is 0 Å². The Hall–Kier alpha value is -4.13. The van der Waals surface area contributed by atoms with Crippen molar-refractivity contribution < 1.29 is 18.0 Å². The SMILES string of the molecule is CC(=O)c1ccc(-c2nccc3[nH]c(-c4[nH]nc5c(F)cc(C6=CCC(N)C(CN7CCC(F)(F)C7)=C6)cc45)nc23)s1. The molecule has 1 aliphatic carbocycles. The van der Waals surface area contributed by atoms with Crippen LogP contribution in [-0.2, 0) is 0 Å². The summed E-state index contributed by atoms with van der Waals surface area (Å²) in [7, 11) is 0. The predicted molar refractivity (Wildman–Crippen MR) is 157 cm³/mol. The quantitative estimate of drug-likeness (QED) is 0.211. The molecule has 0 radical (unpaired) electrons. The van der Waals surface area contributed by atoms with Crippen molar-refractivity contribution in [1.29, 1.82) is 0 Å². The molecule has 7 rings (SSSR count). The summed E-state index contributed by atoms with van der Waals surface area (Å²) in [6.45, 7) is 1.90. The number of fused-ring (bicyclic) bond motifs is 2. The van der Waals surface area contributed by atoms with Gasteiger partial charge in [0.2, 0.25) is 0 Å². The van der Waals surface area contributed by atoms with Gasteiger partial charge in [-0.1, -0.05) is 12.2 Å². The molecule has 1 atom stereocenters. The molecule has 0 amide bonds. The number of thiophene rings is 1. The Morgan fingerprint density at radius 1 is 1.24 bits per heavy atom. The maximum absolute atomic E-state index is 15.4. The average Bonchev–Trinajstić information content (AvgIpc) is 3.74. The van der Waals surface area contributed by atoms with Crippen LogP contribution in [0.1, 0.15) is 35.0 Å². The molecule has 1 unspecified atom stereocenters. The molecule has 0 saturated carbocycles. The van der Waals surface area contributed by atoms with E-state index in [1.807, 2.05) is 24.3 Å². The van der Waals surface area contributed by atoms with Gasteiger partial charge in [-0.15, -0.1) is 11.3 Å². The lowest BCUT2D eigenvalue weighted by atomic mass is 9.90. The first-order chi connectivity index (χ1) is 20.1. The van der Waals surface area contributed by atoms with Gasteiger partial charge in [0, 0.05) is 37.1 Å². The van der Waals surface area contributed by atoms with Crippen molar-refractivity contribution in [3.05, 3.63) is 70.5 Å². The van der Waals surface area contributed by atoms with Crippen LogP contribution in [0.15, 0.2) is 54.3 Å². The zero-order valence-electron chi connectivity index (χ0n) is 22.5. The highest BCUT2D eigenvalue weighted by Crippen LogP contribution is 2.36. The number of Topliss-reactive ketones (excluding diaryl/α,β-unsaturated/α-hetero) is 1. The zero-order valence-corrected chi connectivity index (χ0v) is 23.4. The van der Waals surface area contributed by atoms with Crippen LogP contribution in [-0.4, -0.2) is 67.4 Å². The molecule has 4 aromatic heterocycles. The number of alkyl halides is 2. The highest BCUT2D eigenvalue weighted by Gasteiger charge is 2.38.